The Morgan fingerprint density at radius 1 is 1.61 bits per heavy atom. The molecule has 2 heterocycles. The molecule has 0 saturated carbocycles. The Morgan fingerprint density at radius 2 is 2.44 bits per heavy atom. The van der Waals surface area contributed by atoms with Crippen molar-refractivity contribution in [3.05, 3.63) is 42.1 Å². The van der Waals surface area contributed by atoms with Crippen molar-refractivity contribution < 1.29 is 14.3 Å². The van der Waals surface area contributed by atoms with Crippen LogP contribution in [0.3, 0.4) is 0 Å². The molecule has 0 aliphatic carbocycles. The second-order valence-electron chi connectivity index (χ2n) is 4.03. The van der Waals surface area contributed by atoms with Gasteiger partial charge in [0, 0.05) is 18.9 Å². The Hall–Kier alpha value is -2.08. The summed E-state index contributed by atoms with van der Waals surface area (Å²) in [4.78, 5) is 11.6. The predicted molar refractivity (Wildman–Crippen MR) is 64.1 cm³/mol. The molecule has 0 aromatic carbocycles. The fraction of sp³-hybridized carbons (Fsp3) is 0.333. The molecule has 0 fully saturated rings. The van der Waals surface area contributed by atoms with Crippen LogP contribution in [0.1, 0.15) is 23.2 Å². The minimum atomic E-state index is -0.576. The lowest BCUT2D eigenvalue weighted by Crippen LogP contribution is -2.30. The number of aliphatic hydroxyl groups is 1. The van der Waals surface area contributed by atoms with Gasteiger partial charge in [0.15, 0.2) is 5.76 Å². The Labute approximate surface area is 104 Å². The van der Waals surface area contributed by atoms with Crippen LogP contribution in [0.2, 0.25) is 0 Å². The summed E-state index contributed by atoms with van der Waals surface area (Å²) in [6.45, 7) is 2.29. The zero-order valence-electron chi connectivity index (χ0n) is 10.0. The summed E-state index contributed by atoms with van der Waals surface area (Å²) >= 11 is 0. The number of nitrogens with zero attached hydrogens (tertiary/aromatic N) is 2. The molecule has 0 saturated heterocycles. The van der Waals surface area contributed by atoms with Crippen molar-refractivity contribution in [1.29, 1.82) is 0 Å². The van der Waals surface area contributed by atoms with Crippen molar-refractivity contribution in [3.8, 4) is 0 Å². The lowest BCUT2D eigenvalue weighted by Gasteiger charge is -2.04. The third-order valence-electron chi connectivity index (χ3n) is 2.32. The van der Waals surface area contributed by atoms with Gasteiger partial charge in [0.25, 0.3) is 5.91 Å². The van der Waals surface area contributed by atoms with Gasteiger partial charge in [-0.3, -0.25) is 9.48 Å². The van der Waals surface area contributed by atoms with Crippen LogP contribution in [0.25, 0.3) is 0 Å². The molecule has 1 unspecified atom stereocenters. The normalized spacial score (nSPS) is 12.3. The maximum atomic E-state index is 11.6. The average molecular weight is 249 g/mol. The van der Waals surface area contributed by atoms with Crippen LogP contribution >= 0.6 is 0 Å². The fourth-order valence-corrected chi connectivity index (χ4v) is 1.47. The molecule has 6 heteroatoms. The Bertz CT molecular complexity index is 502. The molecule has 2 aromatic heterocycles. The lowest BCUT2D eigenvalue weighted by molar-refractivity contribution is 0.0894. The number of aliphatic hydroxyl groups excluding tert-OH is 1. The van der Waals surface area contributed by atoms with Crippen LogP contribution in [-0.4, -0.2) is 33.4 Å². The molecule has 96 valence electrons. The van der Waals surface area contributed by atoms with Crippen molar-refractivity contribution in [2.75, 3.05) is 6.54 Å². The summed E-state index contributed by atoms with van der Waals surface area (Å²) in [5, 5.41) is 15.7. The molecule has 0 aliphatic rings. The number of carbonyl (C=O) groups is 1. The highest BCUT2D eigenvalue weighted by Gasteiger charge is 2.11. The Balaban J connectivity index is 1.95. The van der Waals surface area contributed by atoms with Gasteiger partial charge in [-0.1, -0.05) is 0 Å². The summed E-state index contributed by atoms with van der Waals surface area (Å²) in [5.74, 6) is 0.557. The Kier molecular flexibility index (Phi) is 3.78. The first-order valence-corrected chi connectivity index (χ1v) is 5.67. The number of aromatic nitrogens is 2. The smallest absolute Gasteiger partial charge is 0.287 e. The van der Waals surface area contributed by atoms with Gasteiger partial charge in [-0.25, -0.2) is 0 Å². The zero-order valence-corrected chi connectivity index (χ0v) is 10.0. The topological polar surface area (TPSA) is 80.3 Å². The van der Waals surface area contributed by atoms with Crippen molar-refractivity contribution in [1.82, 2.24) is 15.1 Å². The summed E-state index contributed by atoms with van der Waals surface area (Å²) in [6, 6.07) is 5.16. The fourth-order valence-electron chi connectivity index (χ4n) is 1.47. The molecule has 0 aliphatic heterocycles. The first-order chi connectivity index (χ1) is 8.65. The molecular weight excluding hydrogens is 234 g/mol. The van der Waals surface area contributed by atoms with E-state index in [1.807, 2.05) is 12.3 Å². The van der Waals surface area contributed by atoms with Crippen molar-refractivity contribution in [2.45, 2.75) is 19.6 Å². The van der Waals surface area contributed by atoms with Gasteiger partial charge in [0.05, 0.1) is 12.6 Å². The molecule has 1 atom stereocenters. The van der Waals surface area contributed by atoms with E-state index in [1.54, 1.807) is 29.9 Å². The van der Waals surface area contributed by atoms with Gasteiger partial charge in [0.2, 0.25) is 0 Å². The van der Waals surface area contributed by atoms with E-state index < -0.39 is 6.10 Å². The first kappa shape index (κ1) is 12.4. The highest BCUT2D eigenvalue weighted by molar-refractivity contribution is 5.91. The third-order valence-corrected chi connectivity index (χ3v) is 2.32. The van der Waals surface area contributed by atoms with Gasteiger partial charge in [-0.05, 0) is 25.1 Å². The van der Waals surface area contributed by atoms with E-state index in [0.29, 0.717) is 12.3 Å². The third kappa shape index (κ3) is 3.21. The highest BCUT2D eigenvalue weighted by Crippen LogP contribution is 2.09. The zero-order chi connectivity index (χ0) is 13.0. The largest absolute Gasteiger partial charge is 0.454 e. The number of rotatable bonds is 5. The number of hydrogen-bond donors (Lipinski definition) is 2. The predicted octanol–water partition coefficient (Wildman–Crippen LogP) is 0.635. The maximum Gasteiger partial charge on any atom is 0.287 e. The van der Waals surface area contributed by atoms with Gasteiger partial charge in [0.1, 0.15) is 5.76 Å². The molecule has 0 radical (unpaired) electrons. The van der Waals surface area contributed by atoms with Crippen molar-refractivity contribution >= 4 is 5.91 Å². The van der Waals surface area contributed by atoms with E-state index in [9.17, 15) is 4.79 Å². The monoisotopic (exact) mass is 249 g/mol. The molecule has 1 amide bonds. The number of carbonyl (C=O) groups excluding carboxylic acids is 1. The van der Waals surface area contributed by atoms with Gasteiger partial charge < -0.3 is 14.8 Å². The van der Waals surface area contributed by atoms with Gasteiger partial charge >= 0.3 is 0 Å². The van der Waals surface area contributed by atoms with Gasteiger partial charge in [-0.2, -0.15) is 5.10 Å². The van der Waals surface area contributed by atoms with E-state index >= 15 is 0 Å². The molecule has 2 N–H and O–H groups in total. The van der Waals surface area contributed by atoms with Gasteiger partial charge in [-0.15, -0.1) is 0 Å². The summed E-state index contributed by atoms with van der Waals surface area (Å²) < 4.78 is 7.10. The second-order valence-corrected chi connectivity index (χ2v) is 4.03. The minimum absolute atomic E-state index is 0.202. The summed E-state index contributed by atoms with van der Waals surface area (Å²) in [6.07, 6.45) is 2.92. The van der Waals surface area contributed by atoms with Crippen LogP contribution < -0.4 is 5.32 Å². The molecule has 2 aromatic rings. The molecular formula is C12H15N3O3. The first-order valence-electron chi connectivity index (χ1n) is 5.67. The van der Waals surface area contributed by atoms with Crippen LogP contribution in [0.15, 0.2) is 35.0 Å². The SMILES string of the molecule is CC(O)CNC(=O)c1ccc(Cn2cccn2)o1. The van der Waals surface area contributed by atoms with Crippen molar-refractivity contribution in [2.24, 2.45) is 0 Å². The van der Waals surface area contributed by atoms with E-state index in [2.05, 4.69) is 10.4 Å². The number of hydrogen-bond acceptors (Lipinski definition) is 4. The quantitative estimate of drug-likeness (QED) is 0.814. The molecule has 0 spiro atoms. The number of amides is 1. The molecule has 2 rings (SSSR count). The van der Waals surface area contributed by atoms with Crippen LogP contribution in [0.4, 0.5) is 0 Å². The van der Waals surface area contributed by atoms with Crippen LogP contribution in [0.5, 0.6) is 0 Å². The molecule has 0 bridgehead atoms. The van der Waals surface area contributed by atoms with E-state index in [4.69, 9.17) is 9.52 Å². The molecule has 6 nitrogen and oxygen atoms in total. The Morgan fingerprint density at radius 3 is 3.11 bits per heavy atom. The standard InChI is InChI=1S/C12H15N3O3/c1-9(16)7-13-12(17)11-4-3-10(18-11)8-15-6-2-5-14-15/h2-6,9,16H,7-8H2,1H3,(H,13,17). The summed E-state index contributed by atoms with van der Waals surface area (Å²) in [7, 11) is 0. The number of nitrogens with one attached hydrogen (secondary N) is 1. The molecule has 18 heavy (non-hydrogen) atoms. The van der Waals surface area contributed by atoms with E-state index in [-0.39, 0.29) is 18.2 Å². The summed E-state index contributed by atoms with van der Waals surface area (Å²) in [5.41, 5.74) is 0. The van der Waals surface area contributed by atoms with E-state index in [1.165, 1.54) is 0 Å². The minimum Gasteiger partial charge on any atom is -0.454 e. The van der Waals surface area contributed by atoms with Crippen LogP contribution in [0, 0.1) is 0 Å². The maximum absolute atomic E-state index is 11.6. The highest BCUT2D eigenvalue weighted by atomic mass is 16.4. The van der Waals surface area contributed by atoms with E-state index in [0.717, 1.165) is 0 Å². The van der Waals surface area contributed by atoms with Crippen molar-refractivity contribution in [3.63, 3.8) is 0 Å². The lowest BCUT2D eigenvalue weighted by atomic mass is 10.3. The van der Waals surface area contributed by atoms with Crippen LogP contribution in [-0.2, 0) is 6.54 Å². The number of furan rings is 1. The average Bonchev–Trinajstić information content (AvgIpc) is 2.98. The second kappa shape index (κ2) is 5.50.